The van der Waals surface area contributed by atoms with E-state index in [9.17, 15) is 10.1 Å². The number of para-hydroxylation sites is 1. The molecule has 0 aliphatic carbocycles. The fourth-order valence-electron chi connectivity index (χ4n) is 3.75. The maximum Gasteiger partial charge on any atom is 0.333 e. The molecule has 27 heavy (non-hydrogen) atoms. The molecule has 9 heteroatoms. The molecule has 1 fully saturated rings. The van der Waals surface area contributed by atoms with Crippen LogP contribution in [0.3, 0.4) is 0 Å². The number of anilines is 1. The van der Waals surface area contributed by atoms with Gasteiger partial charge in [-0.2, -0.15) is 5.10 Å². The van der Waals surface area contributed by atoms with Crippen molar-refractivity contribution in [1.29, 1.82) is 0 Å². The Hall–Kier alpha value is -2.52. The average Bonchev–Trinajstić information content (AvgIpc) is 3.21. The van der Waals surface area contributed by atoms with E-state index in [1.165, 1.54) is 4.70 Å². The van der Waals surface area contributed by atoms with Gasteiger partial charge in [-0.1, -0.05) is 12.1 Å². The Bertz CT molecular complexity index is 956. The molecule has 1 aliphatic rings. The highest BCUT2D eigenvalue weighted by Gasteiger charge is 2.32. The number of nitrogens with zero attached hydrogens (tertiary/aromatic N) is 6. The molecule has 1 atom stereocenters. The lowest BCUT2D eigenvalue weighted by atomic mass is 10.2. The van der Waals surface area contributed by atoms with Crippen molar-refractivity contribution in [3.8, 4) is 0 Å². The summed E-state index contributed by atoms with van der Waals surface area (Å²) in [6.07, 6.45) is 0. The largest absolute Gasteiger partial charge is 0.349 e. The molecular weight excluding hydrogens is 364 g/mol. The van der Waals surface area contributed by atoms with Gasteiger partial charge in [0.1, 0.15) is 10.7 Å². The third-order valence-corrected chi connectivity index (χ3v) is 6.38. The zero-order valence-corrected chi connectivity index (χ0v) is 16.4. The van der Waals surface area contributed by atoms with Crippen LogP contribution in [0.15, 0.2) is 24.3 Å². The van der Waals surface area contributed by atoms with E-state index in [1.807, 2.05) is 18.2 Å². The molecule has 0 amide bonds. The summed E-state index contributed by atoms with van der Waals surface area (Å²) in [5.74, 6) is 0.602. The standard InChI is InChI=1S/C18H22N6O2S/c1-12-16(24(25)26)18(21(3)20-12)23-10-8-22(9-11-23)13(2)17-19-14-6-4-5-7-15(14)27-17/h4-7,13H,8-11H2,1-3H3. The maximum atomic E-state index is 11.4. The van der Waals surface area contributed by atoms with Crippen molar-refractivity contribution in [2.45, 2.75) is 19.9 Å². The molecule has 2 aromatic heterocycles. The summed E-state index contributed by atoms with van der Waals surface area (Å²) in [5.41, 5.74) is 1.62. The van der Waals surface area contributed by atoms with E-state index >= 15 is 0 Å². The normalized spacial score (nSPS) is 16.8. The van der Waals surface area contributed by atoms with Crippen molar-refractivity contribution in [1.82, 2.24) is 19.7 Å². The Morgan fingerprint density at radius 3 is 2.59 bits per heavy atom. The molecule has 1 saturated heterocycles. The number of piperazine rings is 1. The molecule has 142 valence electrons. The summed E-state index contributed by atoms with van der Waals surface area (Å²) in [6, 6.07) is 8.43. The first-order valence-corrected chi connectivity index (χ1v) is 9.80. The van der Waals surface area contributed by atoms with Gasteiger partial charge in [0.15, 0.2) is 0 Å². The van der Waals surface area contributed by atoms with Crippen LogP contribution in [0.4, 0.5) is 11.5 Å². The Labute approximate surface area is 161 Å². The monoisotopic (exact) mass is 386 g/mol. The summed E-state index contributed by atoms with van der Waals surface area (Å²) < 4.78 is 2.83. The van der Waals surface area contributed by atoms with Gasteiger partial charge >= 0.3 is 5.69 Å². The van der Waals surface area contributed by atoms with Crippen molar-refractivity contribution in [2.24, 2.45) is 7.05 Å². The number of benzene rings is 1. The van der Waals surface area contributed by atoms with Crippen molar-refractivity contribution in [3.63, 3.8) is 0 Å². The molecular formula is C18H22N6O2S. The lowest BCUT2D eigenvalue weighted by molar-refractivity contribution is -0.384. The number of hydrogen-bond acceptors (Lipinski definition) is 7. The molecule has 0 N–H and O–H groups in total. The highest BCUT2D eigenvalue weighted by molar-refractivity contribution is 7.18. The van der Waals surface area contributed by atoms with E-state index in [2.05, 4.69) is 27.9 Å². The third kappa shape index (κ3) is 3.17. The van der Waals surface area contributed by atoms with Crippen LogP contribution in [0.1, 0.15) is 23.7 Å². The second-order valence-electron chi connectivity index (χ2n) is 6.86. The van der Waals surface area contributed by atoms with Gasteiger partial charge in [-0.15, -0.1) is 11.3 Å². The molecule has 1 unspecified atom stereocenters. The molecule has 4 rings (SSSR count). The molecule has 8 nitrogen and oxygen atoms in total. The van der Waals surface area contributed by atoms with Crippen LogP contribution < -0.4 is 4.90 Å². The minimum absolute atomic E-state index is 0.116. The van der Waals surface area contributed by atoms with Crippen molar-refractivity contribution < 1.29 is 4.92 Å². The van der Waals surface area contributed by atoms with Crippen molar-refractivity contribution in [3.05, 3.63) is 45.1 Å². The van der Waals surface area contributed by atoms with E-state index in [1.54, 1.807) is 30.0 Å². The van der Waals surface area contributed by atoms with Crippen LogP contribution in [0.5, 0.6) is 0 Å². The molecule has 1 aromatic carbocycles. The lowest BCUT2D eigenvalue weighted by Crippen LogP contribution is -2.47. The second kappa shape index (κ2) is 6.90. The molecule has 3 heterocycles. The van der Waals surface area contributed by atoms with Crippen molar-refractivity contribution in [2.75, 3.05) is 31.1 Å². The van der Waals surface area contributed by atoms with Crippen LogP contribution in [-0.4, -0.2) is 50.8 Å². The molecule has 0 bridgehead atoms. The first-order chi connectivity index (χ1) is 13.0. The zero-order chi connectivity index (χ0) is 19.1. The van der Waals surface area contributed by atoms with Gasteiger partial charge in [0.2, 0.25) is 5.82 Å². The predicted molar refractivity (Wildman–Crippen MR) is 106 cm³/mol. The Balaban J connectivity index is 1.50. The molecule has 0 saturated carbocycles. The number of hydrogen-bond donors (Lipinski definition) is 0. The number of fused-ring (bicyclic) bond motifs is 1. The van der Waals surface area contributed by atoms with Gasteiger partial charge in [0.25, 0.3) is 0 Å². The minimum Gasteiger partial charge on any atom is -0.349 e. The SMILES string of the molecule is Cc1nn(C)c(N2CCN(C(C)c3nc4ccccc4s3)CC2)c1[N+](=O)[O-]. The second-order valence-corrected chi connectivity index (χ2v) is 7.92. The topological polar surface area (TPSA) is 80.3 Å². The van der Waals surface area contributed by atoms with E-state index in [4.69, 9.17) is 4.98 Å². The minimum atomic E-state index is -0.326. The van der Waals surface area contributed by atoms with Crippen LogP contribution in [0.2, 0.25) is 0 Å². The number of aromatic nitrogens is 3. The fraction of sp³-hybridized carbons (Fsp3) is 0.444. The quantitative estimate of drug-likeness (QED) is 0.506. The van der Waals surface area contributed by atoms with Gasteiger partial charge < -0.3 is 4.90 Å². The number of nitro groups is 1. The van der Waals surface area contributed by atoms with E-state index in [-0.39, 0.29) is 16.7 Å². The summed E-state index contributed by atoms with van der Waals surface area (Å²) in [6.45, 7) is 7.00. The lowest BCUT2D eigenvalue weighted by Gasteiger charge is -2.37. The van der Waals surface area contributed by atoms with Gasteiger partial charge in [0, 0.05) is 33.2 Å². The third-order valence-electron chi connectivity index (χ3n) is 5.17. The summed E-state index contributed by atoms with van der Waals surface area (Å²) in [5, 5.41) is 16.8. The number of thiazole rings is 1. The van der Waals surface area contributed by atoms with Crippen LogP contribution in [-0.2, 0) is 7.05 Å². The summed E-state index contributed by atoms with van der Waals surface area (Å²) in [4.78, 5) is 20.4. The van der Waals surface area contributed by atoms with E-state index in [0.29, 0.717) is 11.5 Å². The zero-order valence-electron chi connectivity index (χ0n) is 15.6. The molecule has 0 spiro atoms. The van der Waals surface area contributed by atoms with Crippen LogP contribution >= 0.6 is 11.3 Å². The smallest absolute Gasteiger partial charge is 0.333 e. The summed E-state index contributed by atoms with van der Waals surface area (Å²) in [7, 11) is 1.77. The van der Waals surface area contributed by atoms with Crippen LogP contribution in [0, 0.1) is 17.0 Å². The van der Waals surface area contributed by atoms with Gasteiger partial charge in [-0.05, 0) is 26.0 Å². The van der Waals surface area contributed by atoms with Gasteiger partial charge in [-0.25, -0.2) is 9.67 Å². The predicted octanol–water partition coefficient (Wildman–Crippen LogP) is 3.13. The fourth-order valence-corrected chi connectivity index (χ4v) is 4.80. The van der Waals surface area contributed by atoms with E-state index < -0.39 is 0 Å². The average molecular weight is 386 g/mol. The molecule has 3 aromatic rings. The number of rotatable bonds is 4. The number of aryl methyl sites for hydroxylation is 2. The van der Waals surface area contributed by atoms with Crippen molar-refractivity contribution >= 4 is 33.1 Å². The first-order valence-electron chi connectivity index (χ1n) is 8.98. The van der Waals surface area contributed by atoms with Crippen LogP contribution in [0.25, 0.3) is 10.2 Å². The molecule has 0 radical (unpaired) electrons. The Morgan fingerprint density at radius 1 is 1.22 bits per heavy atom. The Kier molecular flexibility index (Phi) is 4.56. The van der Waals surface area contributed by atoms with Gasteiger partial charge in [-0.3, -0.25) is 15.0 Å². The van der Waals surface area contributed by atoms with E-state index in [0.717, 1.165) is 36.7 Å². The van der Waals surface area contributed by atoms with Gasteiger partial charge in [0.05, 0.1) is 21.2 Å². The highest BCUT2D eigenvalue weighted by Crippen LogP contribution is 2.33. The molecule has 1 aliphatic heterocycles. The summed E-state index contributed by atoms with van der Waals surface area (Å²) >= 11 is 1.74. The maximum absolute atomic E-state index is 11.4. The highest BCUT2D eigenvalue weighted by atomic mass is 32.1. The first kappa shape index (κ1) is 17.9. The Morgan fingerprint density at radius 2 is 1.93 bits per heavy atom.